The Morgan fingerprint density at radius 1 is 1.48 bits per heavy atom. The maximum absolute atomic E-state index is 5.58. The van der Waals surface area contributed by atoms with Gasteiger partial charge in [0.15, 0.2) is 0 Å². The molecule has 2 aliphatic heterocycles. The molecule has 21 heavy (non-hydrogen) atoms. The highest BCUT2D eigenvalue weighted by Gasteiger charge is 2.38. The van der Waals surface area contributed by atoms with Gasteiger partial charge >= 0.3 is 0 Å². The van der Waals surface area contributed by atoms with Gasteiger partial charge in [-0.15, -0.1) is 0 Å². The number of nitrogens with zero attached hydrogens (tertiary/aromatic N) is 2. The molecule has 3 aliphatic rings. The van der Waals surface area contributed by atoms with Crippen molar-refractivity contribution in [1.29, 1.82) is 0 Å². The molecule has 0 fully saturated rings. The van der Waals surface area contributed by atoms with Gasteiger partial charge in [-0.05, 0) is 19.9 Å². The Balaban J connectivity index is 1.86. The van der Waals surface area contributed by atoms with E-state index in [9.17, 15) is 0 Å². The Morgan fingerprint density at radius 2 is 2.29 bits per heavy atom. The van der Waals surface area contributed by atoms with E-state index in [2.05, 4.69) is 64.9 Å². The summed E-state index contributed by atoms with van der Waals surface area (Å²) >= 11 is 0. The predicted octanol–water partition coefficient (Wildman–Crippen LogP) is 1.49. The van der Waals surface area contributed by atoms with Crippen LogP contribution in [0.5, 0.6) is 0 Å². The van der Waals surface area contributed by atoms with Crippen LogP contribution in [0.25, 0.3) is 0 Å². The lowest BCUT2D eigenvalue weighted by Crippen LogP contribution is -2.47. The SMILES string of the molecule is COC1C=C(C)C=CC1NC1=C2N(C)C=CC2(C)N=CN1. The van der Waals surface area contributed by atoms with E-state index in [4.69, 9.17) is 4.74 Å². The summed E-state index contributed by atoms with van der Waals surface area (Å²) in [5.41, 5.74) is 2.05. The molecule has 0 spiro atoms. The van der Waals surface area contributed by atoms with E-state index in [-0.39, 0.29) is 17.7 Å². The van der Waals surface area contributed by atoms with E-state index in [1.165, 1.54) is 5.57 Å². The number of methoxy groups -OCH3 is 1. The summed E-state index contributed by atoms with van der Waals surface area (Å²) in [6.07, 6.45) is 12.3. The van der Waals surface area contributed by atoms with Crippen LogP contribution in [-0.2, 0) is 4.74 Å². The number of fused-ring (bicyclic) bond motifs is 1. The highest BCUT2D eigenvalue weighted by atomic mass is 16.5. The first kappa shape index (κ1) is 13.9. The van der Waals surface area contributed by atoms with Crippen LogP contribution in [0.3, 0.4) is 0 Å². The topological polar surface area (TPSA) is 48.9 Å². The third-order valence-corrected chi connectivity index (χ3v) is 4.16. The molecule has 0 aromatic heterocycles. The van der Waals surface area contributed by atoms with Gasteiger partial charge in [0.2, 0.25) is 0 Å². The van der Waals surface area contributed by atoms with Crippen LogP contribution < -0.4 is 10.6 Å². The zero-order valence-electron chi connectivity index (χ0n) is 12.9. The lowest BCUT2D eigenvalue weighted by Gasteiger charge is -2.34. The maximum Gasteiger partial charge on any atom is 0.127 e. The van der Waals surface area contributed by atoms with Gasteiger partial charge in [-0.25, -0.2) is 0 Å². The second kappa shape index (κ2) is 5.07. The standard InChI is InChI=1S/C16H22N4O/c1-11-5-6-12(13(9-11)21-4)19-15-14-16(2,18-10-17-15)7-8-20(14)3/h5-10,12-13,19H,1-4H3,(H,17,18). The number of hydrogen-bond donors (Lipinski definition) is 2. The van der Waals surface area contributed by atoms with Gasteiger partial charge in [0.1, 0.15) is 11.4 Å². The van der Waals surface area contributed by atoms with Crippen LogP contribution in [0.15, 0.2) is 52.6 Å². The zero-order chi connectivity index (χ0) is 15.0. The highest BCUT2D eigenvalue weighted by Crippen LogP contribution is 2.34. The molecule has 5 heteroatoms. The zero-order valence-corrected chi connectivity index (χ0v) is 12.9. The van der Waals surface area contributed by atoms with Crippen molar-refractivity contribution in [3.8, 4) is 0 Å². The Hall–Kier alpha value is -2.01. The quantitative estimate of drug-likeness (QED) is 0.825. The minimum Gasteiger partial charge on any atom is -0.375 e. The summed E-state index contributed by atoms with van der Waals surface area (Å²) in [6.45, 7) is 4.19. The second-order valence-corrected chi connectivity index (χ2v) is 5.84. The largest absolute Gasteiger partial charge is 0.375 e. The Morgan fingerprint density at radius 3 is 3.05 bits per heavy atom. The van der Waals surface area contributed by atoms with E-state index in [0.717, 1.165) is 11.5 Å². The molecule has 3 unspecified atom stereocenters. The molecule has 1 aliphatic carbocycles. The van der Waals surface area contributed by atoms with Gasteiger partial charge < -0.3 is 20.3 Å². The first-order valence-electron chi connectivity index (χ1n) is 7.16. The molecule has 2 N–H and O–H groups in total. The van der Waals surface area contributed by atoms with Crippen LogP contribution in [0.4, 0.5) is 0 Å². The second-order valence-electron chi connectivity index (χ2n) is 5.84. The Bertz CT molecular complexity index is 587. The minimum absolute atomic E-state index is 0.0229. The summed E-state index contributed by atoms with van der Waals surface area (Å²) in [4.78, 5) is 6.64. The van der Waals surface area contributed by atoms with Crippen LogP contribution >= 0.6 is 0 Å². The molecule has 0 aromatic carbocycles. The fourth-order valence-electron chi connectivity index (χ4n) is 3.01. The van der Waals surface area contributed by atoms with E-state index >= 15 is 0 Å². The predicted molar refractivity (Wildman–Crippen MR) is 84.6 cm³/mol. The van der Waals surface area contributed by atoms with Crippen LogP contribution in [0.1, 0.15) is 13.8 Å². The molecule has 0 aromatic rings. The summed E-state index contributed by atoms with van der Waals surface area (Å²) in [5, 5.41) is 6.78. The third kappa shape index (κ3) is 2.38. The van der Waals surface area contributed by atoms with Crippen molar-refractivity contribution < 1.29 is 4.74 Å². The number of likely N-dealkylation sites (N-methyl/N-ethyl adjacent to an activating group) is 1. The molecular weight excluding hydrogens is 264 g/mol. The van der Waals surface area contributed by atoms with Gasteiger partial charge in [0, 0.05) is 20.4 Å². The molecule has 0 radical (unpaired) electrons. The summed E-state index contributed by atoms with van der Waals surface area (Å²) in [7, 11) is 3.78. The summed E-state index contributed by atoms with van der Waals surface area (Å²) in [6, 6.07) is 0.0958. The molecule has 3 rings (SSSR count). The van der Waals surface area contributed by atoms with Gasteiger partial charge in [0.05, 0.1) is 24.2 Å². The van der Waals surface area contributed by atoms with Gasteiger partial charge in [-0.2, -0.15) is 0 Å². The van der Waals surface area contributed by atoms with Crippen LogP contribution in [-0.4, -0.2) is 43.1 Å². The molecule has 5 nitrogen and oxygen atoms in total. The maximum atomic E-state index is 5.58. The third-order valence-electron chi connectivity index (χ3n) is 4.16. The lowest BCUT2D eigenvalue weighted by atomic mass is 9.98. The number of allylic oxidation sites excluding steroid dienone is 2. The lowest BCUT2D eigenvalue weighted by molar-refractivity contribution is 0.120. The van der Waals surface area contributed by atoms with Crippen molar-refractivity contribution in [2.45, 2.75) is 31.5 Å². The van der Waals surface area contributed by atoms with Crippen molar-refractivity contribution in [2.24, 2.45) is 4.99 Å². The van der Waals surface area contributed by atoms with E-state index in [1.807, 2.05) is 7.05 Å². The monoisotopic (exact) mass is 286 g/mol. The molecule has 2 heterocycles. The Kier molecular flexibility index (Phi) is 3.37. The number of aliphatic imine (C=N–C) groups is 1. The van der Waals surface area contributed by atoms with Crippen molar-refractivity contribution >= 4 is 6.34 Å². The van der Waals surface area contributed by atoms with Gasteiger partial charge in [0.25, 0.3) is 0 Å². The molecule has 0 saturated carbocycles. The van der Waals surface area contributed by atoms with Gasteiger partial charge in [-0.3, -0.25) is 4.99 Å². The summed E-state index contributed by atoms with van der Waals surface area (Å²) in [5.74, 6) is 0.977. The van der Waals surface area contributed by atoms with Gasteiger partial charge in [-0.1, -0.05) is 23.8 Å². The van der Waals surface area contributed by atoms with Crippen molar-refractivity contribution in [1.82, 2.24) is 15.5 Å². The number of hydrogen-bond acceptors (Lipinski definition) is 5. The normalized spacial score (nSPS) is 33.9. The van der Waals surface area contributed by atoms with Crippen molar-refractivity contribution in [3.63, 3.8) is 0 Å². The fraction of sp³-hybridized carbons (Fsp3) is 0.438. The molecule has 112 valence electrons. The summed E-state index contributed by atoms with van der Waals surface area (Å²) < 4.78 is 5.58. The number of rotatable bonds is 3. The molecule has 0 saturated heterocycles. The molecule has 0 amide bonds. The number of nitrogens with one attached hydrogen (secondary N) is 2. The first-order chi connectivity index (χ1) is 10.0. The van der Waals surface area contributed by atoms with Crippen LogP contribution in [0.2, 0.25) is 0 Å². The molecular formula is C16H22N4O. The van der Waals surface area contributed by atoms with E-state index < -0.39 is 0 Å². The van der Waals surface area contributed by atoms with Crippen molar-refractivity contribution in [2.75, 3.05) is 14.2 Å². The Labute approximate surface area is 125 Å². The van der Waals surface area contributed by atoms with Crippen molar-refractivity contribution in [3.05, 3.63) is 47.6 Å². The number of ether oxygens (including phenoxy) is 1. The average molecular weight is 286 g/mol. The smallest absolute Gasteiger partial charge is 0.127 e. The highest BCUT2D eigenvalue weighted by molar-refractivity contribution is 5.64. The van der Waals surface area contributed by atoms with Crippen LogP contribution in [0, 0.1) is 0 Å². The molecule has 0 bridgehead atoms. The van der Waals surface area contributed by atoms with E-state index in [0.29, 0.717) is 0 Å². The fourth-order valence-corrected chi connectivity index (χ4v) is 3.01. The van der Waals surface area contributed by atoms with E-state index in [1.54, 1.807) is 13.4 Å². The minimum atomic E-state index is -0.297. The average Bonchev–Trinajstić information content (AvgIpc) is 2.77. The first-order valence-corrected chi connectivity index (χ1v) is 7.16. The molecule has 3 atom stereocenters.